The van der Waals surface area contributed by atoms with Crippen LogP contribution in [0.2, 0.25) is 0 Å². The Bertz CT molecular complexity index is 1070. The Morgan fingerprint density at radius 2 is 1.96 bits per heavy atom. The number of Topliss-reactive ketones (excluding diaryl/α,β-unsaturated/α-hetero) is 1. The van der Waals surface area contributed by atoms with Crippen molar-refractivity contribution < 1.29 is 23.4 Å². The van der Waals surface area contributed by atoms with E-state index in [0.29, 0.717) is 30.3 Å². The first-order valence-corrected chi connectivity index (χ1v) is 8.88. The molecule has 2 aliphatic rings. The van der Waals surface area contributed by atoms with Gasteiger partial charge in [0.05, 0.1) is 31.0 Å². The van der Waals surface area contributed by atoms with E-state index in [9.17, 15) is 4.79 Å². The number of carbonyl (C=O) groups excluding carboxylic acids is 1. The number of anilines is 1. The molecule has 0 amide bonds. The van der Waals surface area contributed by atoms with Crippen LogP contribution in [-0.2, 0) is 6.54 Å². The molecule has 2 aromatic carbocycles. The van der Waals surface area contributed by atoms with Crippen molar-refractivity contribution in [2.75, 3.05) is 18.7 Å². The predicted octanol–water partition coefficient (Wildman–Crippen LogP) is 4.26. The Hall–Kier alpha value is -3.67. The van der Waals surface area contributed by atoms with Crippen molar-refractivity contribution in [3.8, 4) is 17.2 Å². The van der Waals surface area contributed by atoms with E-state index < -0.39 is 0 Å². The minimum absolute atomic E-state index is 0.157. The minimum Gasteiger partial charge on any atom is -0.497 e. The van der Waals surface area contributed by atoms with Crippen LogP contribution in [0.1, 0.15) is 21.7 Å². The number of nitrogens with zero attached hydrogens (tertiary/aromatic N) is 1. The number of rotatable bonds is 3. The van der Waals surface area contributed by atoms with E-state index in [1.165, 1.54) is 0 Å². The van der Waals surface area contributed by atoms with Gasteiger partial charge in [0.2, 0.25) is 5.78 Å². The van der Waals surface area contributed by atoms with Gasteiger partial charge in [-0.25, -0.2) is 0 Å². The van der Waals surface area contributed by atoms with Crippen LogP contribution in [0.4, 0.5) is 5.69 Å². The molecular weight excluding hydrogens is 358 g/mol. The highest BCUT2D eigenvalue weighted by atomic mass is 16.5. The second kappa shape index (κ2) is 6.49. The van der Waals surface area contributed by atoms with Crippen molar-refractivity contribution in [3.05, 3.63) is 77.4 Å². The first-order chi connectivity index (χ1) is 13.7. The molecule has 0 spiro atoms. The topological polar surface area (TPSA) is 61.1 Å². The van der Waals surface area contributed by atoms with Crippen LogP contribution >= 0.6 is 0 Å². The van der Waals surface area contributed by atoms with Gasteiger partial charge in [-0.1, -0.05) is 0 Å². The Morgan fingerprint density at radius 3 is 2.71 bits per heavy atom. The Labute approximate surface area is 161 Å². The largest absolute Gasteiger partial charge is 0.497 e. The van der Waals surface area contributed by atoms with E-state index >= 15 is 0 Å². The fourth-order valence-electron chi connectivity index (χ4n) is 3.42. The molecule has 0 aliphatic carbocycles. The lowest BCUT2D eigenvalue weighted by molar-refractivity contribution is 0.101. The smallest absolute Gasteiger partial charge is 0.232 e. The van der Waals surface area contributed by atoms with E-state index in [1.807, 2.05) is 30.3 Å². The summed E-state index contributed by atoms with van der Waals surface area (Å²) in [5.41, 5.74) is 2.40. The average molecular weight is 375 g/mol. The average Bonchev–Trinajstić information content (AvgIpc) is 3.36. The van der Waals surface area contributed by atoms with Gasteiger partial charge < -0.3 is 23.5 Å². The molecular formula is C22H17NO5. The number of ether oxygens (including phenoxy) is 3. The molecule has 0 atom stereocenters. The maximum Gasteiger partial charge on any atom is 0.232 e. The Kier molecular flexibility index (Phi) is 3.83. The highest BCUT2D eigenvalue weighted by Crippen LogP contribution is 2.42. The molecule has 0 saturated carbocycles. The number of ketones is 1. The Morgan fingerprint density at radius 1 is 1.11 bits per heavy atom. The van der Waals surface area contributed by atoms with E-state index in [4.69, 9.17) is 18.6 Å². The molecule has 5 rings (SSSR count). The third kappa shape index (κ3) is 2.70. The summed E-state index contributed by atoms with van der Waals surface area (Å²) in [7, 11) is 1.64. The number of methoxy groups -OCH3 is 1. The standard InChI is InChI=1S/C22H17NO5/c1-25-15-6-4-14(5-7-15)23-12-18-19(27-13-23)9-8-17-21(24)20(28-22(17)18)11-16-3-2-10-26-16/h2-11H,12-13H2,1H3. The monoisotopic (exact) mass is 375 g/mol. The summed E-state index contributed by atoms with van der Waals surface area (Å²) >= 11 is 0. The molecule has 0 unspecified atom stereocenters. The van der Waals surface area contributed by atoms with Crippen LogP contribution in [0, 0.1) is 0 Å². The molecule has 6 nitrogen and oxygen atoms in total. The normalized spacial score (nSPS) is 16.4. The zero-order chi connectivity index (χ0) is 19.1. The van der Waals surface area contributed by atoms with Gasteiger partial charge in [-0.3, -0.25) is 4.79 Å². The molecule has 0 saturated heterocycles. The number of hydrogen-bond acceptors (Lipinski definition) is 6. The van der Waals surface area contributed by atoms with E-state index in [1.54, 1.807) is 37.6 Å². The third-order valence-corrected chi connectivity index (χ3v) is 4.88. The summed E-state index contributed by atoms with van der Waals surface area (Å²) in [4.78, 5) is 14.8. The molecule has 0 N–H and O–H groups in total. The number of carbonyl (C=O) groups is 1. The summed E-state index contributed by atoms with van der Waals surface area (Å²) in [5, 5.41) is 0. The molecule has 3 heterocycles. The van der Waals surface area contributed by atoms with E-state index in [0.717, 1.165) is 22.7 Å². The maximum atomic E-state index is 12.7. The van der Waals surface area contributed by atoms with Gasteiger partial charge >= 0.3 is 0 Å². The van der Waals surface area contributed by atoms with Crippen molar-refractivity contribution in [3.63, 3.8) is 0 Å². The van der Waals surface area contributed by atoms with Gasteiger partial charge in [0.25, 0.3) is 0 Å². The summed E-state index contributed by atoms with van der Waals surface area (Å²) in [5.74, 6) is 2.75. The first-order valence-electron chi connectivity index (χ1n) is 8.88. The number of hydrogen-bond donors (Lipinski definition) is 0. The lowest BCUT2D eigenvalue weighted by Gasteiger charge is -2.31. The molecule has 28 heavy (non-hydrogen) atoms. The van der Waals surface area contributed by atoms with Crippen molar-refractivity contribution in [2.24, 2.45) is 0 Å². The van der Waals surface area contributed by atoms with Gasteiger partial charge in [0, 0.05) is 11.8 Å². The number of fused-ring (bicyclic) bond motifs is 3. The predicted molar refractivity (Wildman–Crippen MR) is 103 cm³/mol. The summed E-state index contributed by atoms with van der Waals surface area (Å²) < 4.78 is 22.4. The highest BCUT2D eigenvalue weighted by Gasteiger charge is 2.33. The maximum absolute atomic E-state index is 12.7. The van der Waals surface area contributed by atoms with Crippen molar-refractivity contribution >= 4 is 17.5 Å². The molecule has 0 fully saturated rings. The van der Waals surface area contributed by atoms with Gasteiger partial charge in [0.1, 0.15) is 23.0 Å². The SMILES string of the molecule is COc1ccc(N2COc3ccc4c(c3C2)OC(=Cc2ccco2)C4=O)cc1. The number of benzene rings is 2. The second-order valence-corrected chi connectivity index (χ2v) is 6.54. The second-order valence-electron chi connectivity index (χ2n) is 6.54. The van der Waals surface area contributed by atoms with Crippen molar-refractivity contribution in [1.29, 1.82) is 0 Å². The molecule has 0 bridgehead atoms. The van der Waals surface area contributed by atoms with Gasteiger partial charge in [-0.15, -0.1) is 0 Å². The molecule has 2 aliphatic heterocycles. The molecule has 1 aromatic heterocycles. The molecule has 3 aromatic rings. The van der Waals surface area contributed by atoms with Crippen LogP contribution in [0.25, 0.3) is 6.08 Å². The van der Waals surface area contributed by atoms with Gasteiger partial charge in [0.15, 0.2) is 12.5 Å². The van der Waals surface area contributed by atoms with E-state index in [2.05, 4.69) is 4.90 Å². The highest BCUT2D eigenvalue weighted by molar-refractivity contribution is 6.14. The van der Waals surface area contributed by atoms with Crippen LogP contribution < -0.4 is 19.1 Å². The lowest BCUT2D eigenvalue weighted by atomic mass is 10.0. The van der Waals surface area contributed by atoms with Gasteiger partial charge in [-0.2, -0.15) is 0 Å². The Balaban J connectivity index is 1.47. The van der Waals surface area contributed by atoms with E-state index in [-0.39, 0.29) is 11.5 Å². The molecule has 6 heteroatoms. The number of allylic oxidation sites excluding steroid dienone is 1. The number of furan rings is 1. The van der Waals surface area contributed by atoms with Crippen LogP contribution in [0.15, 0.2) is 65.0 Å². The zero-order valence-electron chi connectivity index (χ0n) is 15.2. The molecule has 0 radical (unpaired) electrons. The lowest BCUT2D eigenvalue weighted by Crippen LogP contribution is -2.32. The summed E-state index contributed by atoms with van der Waals surface area (Å²) in [6.45, 7) is 0.993. The van der Waals surface area contributed by atoms with Crippen molar-refractivity contribution in [1.82, 2.24) is 0 Å². The van der Waals surface area contributed by atoms with Gasteiger partial charge in [-0.05, 0) is 48.5 Å². The zero-order valence-corrected chi connectivity index (χ0v) is 15.2. The van der Waals surface area contributed by atoms with Crippen LogP contribution in [0.3, 0.4) is 0 Å². The van der Waals surface area contributed by atoms with Crippen LogP contribution in [-0.4, -0.2) is 19.6 Å². The van der Waals surface area contributed by atoms with Crippen LogP contribution in [0.5, 0.6) is 17.2 Å². The fourth-order valence-corrected chi connectivity index (χ4v) is 3.42. The third-order valence-electron chi connectivity index (χ3n) is 4.88. The minimum atomic E-state index is -0.157. The molecule has 140 valence electrons. The van der Waals surface area contributed by atoms with Crippen molar-refractivity contribution in [2.45, 2.75) is 6.54 Å². The summed E-state index contributed by atoms with van der Waals surface area (Å²) in [6, 6.07) is 14.9. The first kappa shape index (κ1) is 16.5. The fraction of sp³-hybridized carbons (Fsp3) is 0.136. The quantitative estimate of drug-likeness (QED) is 0.638. The summed E-state index contributed by atoms with van der Waals surface area (Å²) in [6.07, 6.45) is 3.17.